The van der Waals surface area contributed by atoms with Crippen molar-refractivity contribution in [2.45, 2.75) is 19.4 Å². The van der Waals surface area contributed by atoms with E-state index < -0.39 is 11.4 Å². The predicted octanol–water partition coefficient (Wildman–Crippen LogP) is 2.13. The number of rotatable bonds is 5. The van der Waals surface area contributed by atoms with Crippen LogP contribution in [0.2, 0.25) is 0 Å². The van der Waals surface area contributed by atoms with Gasteiger partial charge in [-0.15, -0.1) is 0 Å². The molecule has 0 atom stereocenters. The maximum Gasteiger partial charge on any atom is 0.322 e. The number of nitrogens with zero attached hydrogens (tertiary/aromatic N) is 1. The van der Waals surface area contributed by atoms with Gasteiger partial charge in [0.15, 0.2) is 0 Å². The first-order chi connectivity index (χ1) is 12.2. The summed E-state index contributed by atoms with van der Waals surface area (Å²) >= 11 is 0. The fourth-order valence-electron chi connectivity index (χ4n) is 2.91. The minimum Gasteiger partial charge on any atom is -0.460 e. The summed E-state index contributed by atoms with van der Waals surface area (Å²) in [4.78, 5) is 29.8. The van der Waals surface area contributed by atoms with Crippen molar-refractivity contribution < 1.29 is 14.3 Å². The number of anilines is 1. The molecule has 0 aliphatic carbocycles. The highest BCUT2D eigenvalue weighted by molar-refractivity contribution is 6.08. The van der Waals surface area contributed by atoms with Gasteiger partial charge >= 0.3 is 5.97 Å². The zero-order chi connectivity index (χ0) is 17.5. The van der Waals surface area contributed by atoms with Crippen LogP contribution in [-0.2, 0) is 20.9 Å². The Bertz CT molecular complexity index is 713. The van der Waals surface area contributed by atoms with E-state index >= 15 is 0 Å². The molecule has 0 unspecified atom stereocenters. The quantitative estimate of drug-likeness (QED) is 0.644. The predicted molar refractivity (Wildman–Crippen MR) is 93.6 cm³/mol. The molecule has 2 N–H and O–H groups in total. The minimum atomic E-state index is -1.18. The van der Waals surface area contributed by atoms with Gasteiger partial charge in [-0.25, -0.2) is 4.98 Å². The van der Waals surface area contributed by atoms with Crippen LogP contribution in [-0.4, -0.2) is 29.9 Å². The number of aromatic nitrogens is 1. The van der Waals surface area contributed by atoms with Gasteiger partial charge < -0.3 is 15.4 Å². The standard InChI is InChI=1S/C19H21N3O3/c23-17(22-16-8-4-5-11-21-16)19(9-12-20-13-10-19)18(24)25-14-15-6-2-1-3-7-15/h1-8,11,20H,9-10,12-14H2,(H,21,22,23). The maximum absolute atomic E-state index is 12.9. The van der Waals surface area contributed by atoms with Gasteiger partial charge in [0.25, 0.3) is 0 Å². The summed E-state index contributed by atoms with van der Waals surface area (Å²) in [5.74, 6) is -0.404. The van der Waals surface area contributed by atoms with Gasteiger partial charge in [0, 0.05) is 6.20 Å². The van der Waals surface area contributed by atoms with Crippen LogP contribution in [0, 0.1) is 5.41 Å². The Morgan fingerprint density at radius 3 is 2.48 bits per heavy atom. The zero-order valence-electron chi connectivity index (χ0n) is 13.9. The first kappa shape index (κ1) is 17.1. The molecule has 1 amide bonds. The Kier molecular flexibility index (Phi) is 5.40. The molecule has 6 nitrogen and oxygen atoms in total. The lowest BCUT2D eigenvalue weighted by molar-refractivity contribution is -0.162. The molecule has 1 aliphatic heterocycles. The normalized spacial score (nSPS) is 16.0. The first-order valence-electron chi connectivity index (χ1n) is 8.35. The Hall–Kier alpha value is -2.73. The number of hydrogen-bond donors (Lipinski definition) is 2. The van der Waals surface area contributed by atoms with E-state index in [1.54, 1.807) is 24.4 Å². The molecule has 0 saturated carbocycles. The molecule has 1 saturated heterocycles. The van der Waals surface area contributed by atoms with Crippen LogP contribution in [0.25, 0.3) is 0 Å². The van der Waals surface area contributed by atoms with E-state index in [1.165, 1.54) is 0 Å². The van der Waals surface area contributed by atoms with Crippen LogP contribution in [0.15, 0.2) is 54.7 Å². The van der Waals surface area contributed by atoms with Gasteiger partial charge in [-0.05, 0) is 43.6 Å². The van der Waals surface area contributed by atoms with Crippen LogP contribution < -0.4 is 10.6 Å². The minimum absolute atomic E-state index is 0.158. The van der Waals surface area contributed by atoms with Gasteiger partial charge in [0.05, 0.1) is 0 Å². The zero-order valence-corrected chi connectivity index (χ0v) is 13.9. The SMILES string of the molecule is O=C(Nc1ccccn1)C1(C(=O)OCc2ccccc2)CCNCC1. The topological polar surface area (TPSA) is 80.3 Å². The first-order valence-corrected chi connectivity index (χ1v) is 8.35. The van der Waals surface area contributed by atoms with Crippen molar-refractivity contribution in [2.75, 3.05) is 18.4 Å². The van der Waals surface area contributed by atoms with Crippen molar-refractivity contribution in [3.8, 4) is 0 Å². The summed E-state index contributed by atoms with van der Waals surface area (Å²) in [6.07, 6.45) is 2.40. The van der Waals surface area contributed by atoms with Crippen molar-refractivity contribution in [2.24, 2.45) is 5.41 Å². The molecule has 3 rings (SSSR count). The number of carbonyl (C=O) groups is 2. The third kappa shape index (κ3) is 4.03. The molecule has 0 spiro atoms. The third-order valence-electron chi connectivity index (χ3n) is 4.40. The molecule has 1 aromatic carbocycles. The molecule has 0 radical (unpaired) electrons. The summed E-state index contributed by atoms with van der Waals surface area (Å²) < 4.78 is 5.48. The van der Waals surface area contributed by atoms with E-state index in [-0.39, 0.29) is 12.5 Å². The molecule has 130 valence electrons. The number of piperidine rings is 1. The van der Waals surface area contributed by atoms with Crippen molar-refractivity contribution in [3.05, 3.63) is 60.3 Å². The van der Waals surface area contributed by atoms with E-state index in [0.29, 0.717) is 31.7 Å². The van der Waals surface area contributed by atoms with E-state index in [2.05, 4.69) is 15.6 Å². The average Bonchev–Trinajstić information content (AvgIpc) is 2.68. The summed E-state index contributed by atoms with van der Waals surface area (Å²) in [5, 5.41) is 5.94. The number of esters is 1. The second kappa shape index (κ2) is 7.90. The molecular formula is C19H21N3O3. The van der Waals surface area contributed by atoms with Crippen LogP contribution in [0.4, 0.5) is 5.82 Å². The highest BCUT2D eigenvalue weighted by Gasteiger charge is 2.48. The lowest BCUT2D eigenvalue weighted by Crippen LogP contribution is -2.50. The Labute approximate surface area is 146 Å². The number of pyridine rings is 1. The van der Waals surface area contributed by atoms with Crippen LogP contribution in [0.1, 0.15) is 18.4 Å². The van der Waals surface area contributed by atoms with Crippen molar-refractivity contribution in [3.63, 3.8) is 0 Å². The van der Waals surface area contributed by atoms with Crippen molar-refractivity contribution in [1.82, 2.24) is 10.3 Å². The van der Waals surface area contributed by atoms with Gasteiger partial charge in [-0.1, -0.05) is 36.4 Å². The molecule has 25 heavy (non-hydrogen) atoms. The average molecular weight is 339 g/mol. The third-order valence-corrected chi connectivity index (χ3v) is 4.40. The number of ether oxygens (including phenoxy) is 1. The van der Waals surface area contributed by atoms with E-state index in [4.69, 9.17) is 4.74 Å². The second-order valence-corrected chi connectivity index (χ2v) is 6.06. The largest absolute Gasteiger partial charge is 0.460 e. The monoisotopic (exact) mass is 339 g/mol. The van der Waals surface area contributed by atoms with Gasteiger partial charge in [0.2, 0.25) is 5.91 Å². The number of hydrogen-bond acceptors (Lipinski definition) is 5. The fraction of sp³-hybridized carbons (Fsp3) is 0.316. The molecule has 2 heterocycles. The highest BCUT2D eigenvalue weighted by atomic mass is 16.5. The molecule has 2 aromatic rings. The molecule has 6 heteroatoms. The van der Waals surface area contributed by atoms with Crippen molar-refractivity contribution >= 4 is 17.7 Å². The summed E-state index contributed by atoms with van der Waals surface area (Å²) in [6, 6.07) is 14.7. The molecule has 1 aliphatic rings. The number of benzene rings is 1. The van der Waals surface area contributed by atoms with E-state index in [0.717, 1.165) is 5.56 Å². The molecule has 0 bridgehead atoms. The Balaban J connectivity index is 1.73. The summed E-state index contributed by atoms with van der Waals surface area (Å²) in [5.41, 5.74) is -0.289. The van der Waals surface area contributed by atoms with E-state index in [9.17, 15) is 9.59 Å². The highest BCUT2D eigenvalue weighted by Crippen LogP contribution is 2.32. The summed E-state index contributed by atoms with van der Waals surface area (Å²) in [6.45, 7) is 1.35. The lowest BCUT2D eigenvalue weighted by atomic mass is 9.78. The smallest absolute Gasteiger partial charge is 0.322 e. The molecular weight excluding hydrogens is 318 g/mol. The number of nitrogens with one attached hydrogen (secondary N) is 2. The lowest BCUT2D eigenvalue weighted by Gasteiger charge is -2.33. The molecule has 1 aromatic heterocycles. The Morgan fingerprint density at radius 2 is 1.80 bits per heavy atom. The van der Waals surface area contributed by atoms with Crippen LogP contribution in [0.3, 0.4) is 0 Å². The Morgan fingerprint density at radius 1 is 1.08 bits per heavy atom. The van der Waals surface area contributed by atoms with Gasteiger partial charge in [-0.3, -0.25) is 9.59 Å². The number of carbonyl (C=O) groups excluding carboxylic acids is 2. The van der Waals surface area contributed by atoms with Gasteiger partial charge in [0.1, 0.15) is 17.8 Å². The number of amides is 1. The van der Waals surface area contributed by atoms with Gasteiger partial charge in [-0.2, -0.15) is 0 Å². The summed E-state index contributed by atoms with van der Waals surface area (Å²) in [7, 11) is 0. The maximum atomic E-state index is 12.9. The van der Waals surface area contributed by atoms with Crippen molar-refractivity contribution in [1.29, 1.82) is 0 Å². The fourth-order valence-corrected chi connectivity index (χ4v) is 2.91. The van der Waals surface area contributed by atoms with Crippen LogP contribution >= 0.6 is 0 Å². The van der Waals surface area contributed by atoms with E-state index in [1.807, 2.05) is 30.3 Å². The van der Waals surface area contributed by atoms with Crippen LogP contribution in [0.5, 0.6) is 0 Å². The second-order valence-electron chi connectivity index (χ2n) is 6.06. The molecule has 1 fully saturated rings.